The first-order chi connectivity index (χ1) is 8.00. The van der Waals surface area contributed by atoms with Gasteiger partial charge in [-0.3, -0.25) is 0 Å². The smallest absolute Gasteiger partial charge is 0.193 e. The number of nitrogens with two attached hydrogens (primary N) is 1. The van der Waals surface area contributed by atoms with Gasteiger partial charge in [0, 0.05) is 5.56 Å². The first-order valence-electron chi connectivity index (χ1n) is 4.96. The fraction of sp³-hybridized carbons (Fsp3) is 0.167. The van der Waals surface area contributed by atoms with Gasteiger partial charge in [-0.25, -0.2) is 8.78 Å². The molecule has 1 atom stereocenters. The van der Waals surface area contributed by atoms with Gasteiger partial charge >= 0.3 is 0 Å². The van der Waals surface area contributed by atoms with E-state index in [0.29, 0.717) is 0 Å². The molecule has 1 heterocycles. The molecule has 1 unspecified atom stereocenters. The average Bonchev–Trinajstić information content (AvgIpc) is 2.72. The van der Waals surface area contributed by atoms with Gasteiger partial charge in [-0.05, 0) is 36.2 Å². The number of benzene rings is 1. The van der Waals surface area contributed by atoms with Gasteiger partial charge in [-0.2, -0.15) is 0 Å². The van der Waals surface area contributed by atoms with Gasteiger partial charge in [0.25, 0.3) is 0 Å². The minimum Gasteiger partial charge on any atom is -0.448 e. The van der Waals surface area contributed by atoms with E-state index in [0.717, 1.165) is 0 Å². The van der Waals surface area contributed by atoms with E-state index in [9.17, 15) is 8.78 Å². The number of halogens is 3. The van der Waals surface area contributed by atoms with Crippen LogP contribution >= 0.6 is 11.6 Å². The van der Waals surface area contributed by atoms with Crippen LogP contribution in [0.4, 0.5) is 8.78 Å². The predicted octanol–water partition coefficient (Wildman–Crippen LogP) is 3.57. The Hall–Kier alpha value is -1.39. The van der Waals surface area contributed by atoms with Crippen LogP contribution in [0.5, 0.6) is 0 Å². The van der Waals surface area contributed by atoms with Crippen molar-refractivity contribution in [2.75, 3.05) is 0 Å². The first-order valence-corrected chi connectivity index (χ1v) is 5.34. The van der Waals surface area contributed by atoms with Crippen LogP contribution in [0.3, 0.4) is 0 Å². The lowest BCUT2D eigenvalue weighted by molar-refractivity contribution is 0.461. The van der Waals surface area contributed by atoms with Crippen LogP contribution in [-0.4, -0.2) is 0 Å². The molecule has 1 aromatic carbocycles. The van der Waals surface area contributed by atoms with Gasteiger partial charge in [-0.15, -0.1) is 0 Å². The van der Waals surface area contributed by atoms with Crippen LogP contribution in [0.1, 0.15) is 22.9 Å². The molecule has 0 aliphatic rings. The summed E-state index contributed by atoms with van der Waals surface area (Å²) in [4.78, 5) is 0. The number of hydrogen-bond donors (Lipinski definition) is 1. The number of rotatable bonds is 2. The highest BCUT2D eigenvalue weighted by atomic mass is 35.5. The van der Waals surface area contributed by atoms with E-state index in [1.54, 1.807) is 0 Å². The molecule has 0 saturated heterocycles. The Balaban J connectivity index is 2.44. The molecule has 0 bridgehead atoms. The third kappa shape index (κ3) is 2.18. The largest absolute Gasteiger partial charge is 0.448 e. The second kappa shape index (κ2) is 4.47. The zero-order valence-corrected chi connectivity index (χ0v) is 9.76. The topological polar surface area (TPSA) is 39.2 Å². The maximum atomic E-state index is 13.7. The summed E-state index contributed by atoms with van der Waals surface area (Å²) in [5.74, 6) is -1.56. The molecule has 0 spiro atoms. The van der Waals surface area contributed by atoms with E-state index in [1.165, 1.54) is 31.2 Å². The molecule has 17 heavy (non-hydrogen) atoms. The summed E-state index contributed by atoms with van der Waals surface area (Å²) in [6.45, 7) is 1.48. The van der Waals surface area contributed by atoms with E-state index < -0.39 is 17.7 Å². The van der Waals surface area contributed by atoms with Gasteiger partial charge < -0.3 is 10.2 Å². The van der Waals surface area contributed by atoms with Crippen LogP contribution in [0, 0.1) is 18.6 Å². The Morgan fingerprint density at radius 3 is 2.47 bits per heavy atom. The highest BCUT2D eigenvalue weighted by Gasteiger charge is 2.20. The molecular weight excluding hydrogens is 248 g/mol. The molecular formula is C12H10ClF2NO. The summed E-state index contributed by atoms with van der Waals surface area (Å²) in [6.07, 6.45) is 0. The van der Waals surface area contributed by atoms with Crippen LogP contribution in [0.2, 0.25) is 5.22 Å². The van der Waals surface area contributed by atoms with Crippen molar-refractivity contribution < 1.29 is 13.2 Å². The Bertz CT molecular complexity index is 553. The molecule has 2 rings (SSSR count). The molecule has 5 heteroatoms. The van der Waals surface area contributed by atoms with Crippen molar-refractivity contribution in [2.24, 2.45) is 5.73 Å². The van der Waals surface area contributed by atoms with Crippen LogP contribution in [0.15, 0.2) is 28.7 Å². The fourth-order valence-electron chi connectivity index (χ4n) is 1.55. The lowest BCUT2D eigenvalue weighted by Crippen LogP contribution is -2.14. The van der Waals surface area contributed by atoms with Crippen LogP contribution in [-0.2, 0) is 0 Å². The van der Waals surface area contributed by atoms with Crippen molar-refractivity contribution in [3.8, 4) is 0 Å². The summed E-state index contributed by atoms with van der Waals surface area (Å²) in [5, 5.41) is 0.156. The number of hydrogen-bond acceptors (Lipinski definition) is 2. The zero-order valence-electron chi connectivity index (χ0n) is 9.01. The van der Waals surface area contributed by atoms with Crippen molar-refractivity contribution in [3.05, 3.63) is 58.0 Å². The van der Waals surface area contributed by atoms with E-state index in [4.69, 9.17) is 21.8 Å². The summed E-state index contributed by atoms with van der Waals surface area (Å²) in [7, 11) is 0. The monoisotopic (exact) mass is 257 g/mol. The number of furan rings is 1. The van der Waals surface area contributed by atoms with E-state index >= 15 is 0 Å². The molecule has 0 radical (unpaired) electrons. The highest BCUT2D eigenvalue weighted by molar-refractivity contribution is 6.28. The summed E-state index contributed by atoms with van der Waals surface area (Å²) in [6, 6.07) is 5.06. The molecule has 90 valence electrons. The standard InChI is InChI=1S/C12H10ClF2NO/c1-6-2-3-7(11(15)10(6)14)12(16)8-4-5-9(13)17-8/h2-5,12H,16H2,1H3. The second-order valence-corrected chi connectivity index (χ2v) is 4.09. The molecule has 0 saturated carbocycles. The van der Waals surface area contributed by atoms with Gasteiger partial charge in [0.05, 0.1) is 6.04 Å². The normalized spacial score (nSPS) is 12.8. The minimum atomic E-state index is -0.954. The van der Waals surface area contributed by atoms with Gasteiger partial charge in [-0.1, -0.05) is 12.1 Å². The molecule has 0 aliphatic heterocycles. The molecule has 2 N–H and O–H groups in total. The number of aryl methyl sites for hydroxylation is 1. The Labute approximate surface area is 102 Å². The lowest BCUT2D eigenvalue weighted by atomic mass is 10.0. The summed E-state index contributed by atoms with van der Waals surface area (Å²) >= 11 is 5.60. The molecule has 0 aliphatic carbocycles. The molecule has 2 aromatic rings. The second-order valence-electron chi connectivity index (χ2n) is 3.72. The minimum absolute atomic E-state index is 0.0408. The van der Waals surface area contributed by atoms with Crippen molar-refractivity contribution in [2.45, 2.75) is 13.0 Å². The van der Waals surface area contributed by atoms with Crippen molar-refractivity contribution >= 4 is 11.6 Å². The van der Waals surface area contributed by atoms with Gasteiger partial charge in [0.1, 0.15) is 5.76 Å². The zero-order chi connectivity index (χ0) is 12.6. The molecule has 1 aromatic heterocycles. The lowest BCUT2D eigenvalue weighted by Gasteiger charge is -2.11. The fourth-order valence-corrected chi connectivity index (χ4v) is 1.70. The van der Waals surface area contributed by atoms with E-state index in [2.05, 4.69) is 0 Å². The van der Waals surface area contributed by atoms with Crippen molar-refractivity contribution in [1.82, 2.24) is 0 Å². The quantitative estimate of drug-likeness (QED) is 0.893. The summed E-state index contributed by atoms with van der Waals surface area (Å²) in [5.41, 5.74) is 6.06. The Kier molecular flexibility index (Phi) is 3.17. The molecule has 2 nitrogen and oxygen atoms in total. The van der Waals surface area contributed by atoms with Crippen molar-refractivity contribution in [3.63, 3.8) is 0 Å². The summed E-state index contributed by atoms with van der Waals surface area (Å²) < 4.78 is 32.1. The van der Waals surface area contributed by atoms with Gasteiger partial charge in [0.15, 0.2) is 16.9 Å². The third-order valence-electron chi connectivity index (χ3n) is 2.54. The van der Waals surface area contributed by atoms with Crippen LogP contribution in [0.25, 0.3) is 0 Å². The molecule has 0 fully saturated rings. The predicted molar refractivity (Wildman–Crippen MR) is 60.8 cm³/mol. The SMILES string of the molecule is Cc1ccc(C(N)c2ccc(Cl)o2)c(F)c1F. The van der Waals surface area contributed by atoms with Gasteiger partial charge in [0.2, 0.25) is 0 Å². The maximum absolute atomic E-state index is 13.7. The van der Waals surface area contributed by atoms with Crippen molar-refractivity contribution in [1.29, 1.82) is 0 Å². The Morgan fingerprint density at radius 2 is 1.88 bits per heavy atom. The highest BCUT2D eigenvalue weighted by Crippen LogP contribution is 2.27. The van der Waals surface area contributed by atoms with E-state index in [-0.39, 0.29) is 22.1 Å². The Morgan fingerprint density at radius 1 is 1.18 bits per heavy atom. The first kappa shape index (κ1) is 12.1. The average molecular weight is 258 g/mol. The molecule has 0 amide bonds. The van der Waals surface area contributed by atoms with Crippen LogP contribution < -0.4 is 5.73 Å². The third-order valence-corrected chi connectivity index (χ3v) is 2.74. The van der Waals surface area contributed by atoms with E-state index in [1.807, 2.05) is 0 Å². The maximum Gasteiger partial charge on any atom is 0.193 e.